The second kappa shape index (κ2) is 6.35. The zero-order valence-corrected chi connectivity index (χ0v) is 13.0. The fourth-order valence-corrected chi connectivity index (χ4v) is 3.67. The summed E-state index contributed by atoms with van der Waals surface area (Å²) in [6.45, 7) is 10.6. The number of hydrogen-bond acceptors (Lipinski definition) is 3. The molecule has 0 aromatic carbocycles. The summed E-state index contributed by atoms with van der Waals surface area (Å²) in [5.74, 6) is 1.05. The van der Waals surface area contributed by atoms with Gasteiger partial charge in [0.15, 0.2) is 0 Å². The minimum Gasteiger partial charge on any atom is -0.313 e. The molecule has 0 heterocycles. The first-order valence-corrected chi connectivity index (χ1v) is 8.53. The molecule has 4 unspecified atom stereocenters. The summed E-state index contributed by atoms with van der Waals surface area (Å²) in [5, 5.41) is 2.79. The maximum Gasteiger partial charge on any atom is 0.215 e. The van der Waals surface area contributed by atoms with E-state index in [1.54, 1.807) is 6.92 Å². The van der Waals surface area contributed by atoms with Crippen molar-refractivity contribution in [3.63, 3.8) is 0 Å². The van der Waals surface area contributed by atoms with Gasteiger partial charge in [0.25, 0.3) is 0 Å². The average molecular weight is 276 g/mol. The van der Waals surface area contributed by atoms with Crippen LogP contribution < -0.4 is 10.0 Å². The van der Waals surface area contributed by atoms with Crippen molar-refractivity contribution in [2.75, 3.05) is 6.54 Å². The molecule has 0 radical (unpaired) electrons. The molecule has 108 valence electrons. The first kappa shape index (κ1) is 15.9. The minimum atomic E-state index is -3.21. The Balaban J connectivity index is 2.54. The van der Waals surface area contributed by atoms with Crippen LogP contribution in [0.5, 0.6) is 0 Å². The molecule has 1 saturated carbocycles. The molecule has 5 heteroatoms. The lowest BCUT2D eigenvalue weighted by Crippen LogP contribution is -2.45. The highest BCUT2D eigenvalue weighted by molar-refractivity contribution is 7.90. The summed E-state index contributed by atoms with van der Waals surface area (Å²) < 4.78 is 27.3. The summed E-state index contributed by atoms with van der Waals surface area (Å²) in [6.07, 6.45) is 2.08. The molecule has 0 amide bonds. The molecule has 1 aliphatic carbocycles. The molecular formula is C13H28N2O2S. The molecule has 18 heavy (non-hydrogen) atoms. The van der Waals surface area contributed by atoms with Gasteiger partial charge in [-0.25, -0.2) is 13.1 Å². The van der Waals surface area contributed by atoms with E-state index < -0.39 is 10.0 Å². The molecule has 4 atom stereocenters. The van der Waals surface area contributed by atoms with Gasteiger partial charge in [0.05, 0.1) is 5.25 Å². The SMILES string of the molecule is CC(C)NCC(C)S(=O)(=O)NC1CCC(C)C1C. The Morgan fingerprint density at radius 3 is 2.22 bits per heavy atom. The fourth-order valence-electron chi connectivity index (χ4n) is 2.37. The molecule has 0 saturated heterocycles. The number of sulfonamides is 1. The quantitative estimate of drug-likeness (QED) is 0.777. The molecule has 0 aromatic rings. The lowest BCUT2D eigenvalue weighted by Gasteiger charge is -2.23. The molecule has 1 aliphatic rings. The van der Waals surface area contributed by atoms with Gasteiger partial charge in [0, 0.05) is 18.6 Å². The summed E-state index contributed by atoms with van der Waals surface area (Å²) in [5.41, 5.74) is 0. The van der Waals surface area contributed by atoms with E-state index >= 15 is 0 Å². The van der Waals surface area contributed by atoms with E-state index in [9.17, 15) is 8.42 Å². The van der Waals surface area contributed by atoms with E-state index in [1.807, 2.05) is 13.8 Å². The number of rotatable bonds is 6. The minimum absolute atomic E-state index is 0.117. The van der Waals surface area contributed by atoms with Crippen LogP contribution in [0.15, 0.2) is 0 Å². The van der Waals surface area contributed by atoms with Crippen molar-refractivity contribution in [3.05, 3.63) is 0 Å². The third-order valence-corrected chi connectivity index (χ3v) is 5.98. The summed E-state index contributed by atoms with van der Waals surface area (Å²) in [7, 11) is -3.21. The van der Waals surface area contributed by atoms with E-state index in [-0.39, 0.29) is 11.3 Å². The van der Waals surface area contributed by atoms with E-state index in [4.69, 9.17) is 0 Å². The zero-order chi connectivity index (χ0) is 13.9. The Labute approximate surface area is 112 Å². The van der Waals surface area contributed by atoms with Gasteiger partial charge < -0.3 is 5.32 Å². The van der Waals surface area contributed by atoms with Crippen molar-refractivity contribution in [1.82, 2.24) is 10.0 Å². The molecule has 0 spiro atoms. The molecular weight excluding hydrogens is 248 g/mol. The predicted octanol–water partition coefficient (Wildman–Crippen LogP) is 1.73. The monoisotopic (exact) mass is 276 g/mol. The molecule has 0 aliphatic heterocycles. The first-order chi connectivity index (χ1) is 8.24. The van der Waals surface area contributed by atoms with Crippen LogP contribution in [0.3, 0.4) is 0 Å². The van der Waals surface area contributed by atoms with E-state index in [1.165, 1.54) is 0 Å². The highest BCUT2D eigenvalue weighted by Crippen LogP contribution is 2.31. The van der Waals surface area contributed by atoms with Gasteiger partial charge in [-0.15, -0.1) is 0 Å². The van der Waals surface area contributed by atoms with Crippen LogP contribution in [-0.4, -0.2) is 32.3 Å². The van der Waals surface area contributed by atoms with E-state index in [0.717, 1.165) is 12.8 Å². The third kappa shape index (κ3) is 4.21. The summed E-state index contributed by atoms with van der Waals surface area (Å²) >= 11 is 0. The lowest BCUT2D eigenvalue weighted by molar-refractivity contribution is 0.400. The molecule has 2 N–H and O–H groups in total. The Kier molecular flexibility index (Phi) is 5.62. The Morgan fingerprint density at radius 2 is 1.78 bits per heavy atom. The molecule has 0 bridgehead atoms. The van der Waals surface area contributed by atoms with Crippen molar-refractivity contribution in [1.29, 1.82) is 0 Å². The smallest absolute Gasteiger partial charge is 0.215 e. The van der Waals surface area contributed by atoms with Crippen molar-refractivity contribution in [2.24, 2.45) is 11.8 Å². The van der Waals surface area contributed by atoms with Gasteiger partial charge in [-0.2, -0.15) is 0 Å². The van der Waals surface area contributed by atoms with Crippen molar-refractivity contribution in [3.8, 4) is 0 Å². The fraction of sp³-hybridized carbons (Fsp3) is 1.00. The second-order valence-corrected chi connectivity index (χ2v) is 8.19. The van der Waals surface area contributed by atoms with E-state index in [2.05, 4.69) is 23.9 Å². The van der Waals surface area contributed by atoms with Crippen LogP contribution >= 0.6 is 0 Å². The summed E-state index contributed by atoms with van der Waals surface area (Å²) in [6, 6.07) is 0.430. The first-order valence-electron chi connectivity index (χ1n) is 6.98. The predicted molar refractivity (Wildman–Crippen MR) is 76.0 cm³/mol. The molecule has 1 fully saturated rings. The highest BCUT2D eigenvalue weighted by Gasteiger charge is 2.34. The Bertz CT molecular complexity index is 354. The van der Waals surface area contributed by atoms with Crippen LogP contribution in [0.2, 0.25) is 0 Å². The van der Waals surface area contributed by atoms with Crippen molar-refractivity contribution < 1.29 is 8.42 Å². The van der Waals surface area contributed by atoms with E-state index in [0.29, 0.717) is 24.4 Å². The lowest BCUT2D eigenvalue weighted by atomic mass is 9.98. The Morgan fingerprint density at radius 1 is 1.17 bits per heavy atom. The van der Waals surface area contributed by atoms with Crippen molar-refractivity contribution >= 4 is 10.0 Å². The molecule has 1 rings (SSSR count). The second-order valence-electron chi connectivity index (χ2n) is 6.06. The van der Waals surface area contributed by atoms with Crippen LogP contribution in [0.4, 0.5) is 0 Å². The van der Waals surface area contributed by atoms with Gasteiger partial charge in [-0.3, -0.25) is 0 Å². The van der Waals surface area contributed by atoms with Crippen molar-refractivity contribution in [2.45, 2.75) is 64.8 Å². The van der Waals surface area contributed by atoms with Crippen LogP contribution in [-0.2, 0) is 10.0 Å². The third-order valence-electron chi connectivity index (χ3n) is 4.12. The van der Waals surface area contributed by atoms with Crippen LogP contribution in [0, 0.1) is 11.8 Å². The Hall–Kier alpha value is -0.130. The largest absolute Gasteiger partial charge is 0.313 e. The zero-order valence-electron chi connectivity index (χ0n) is 12.2. The summed E-state index contributed by atoms with van der Waals surface area (Å²) in [4.78, 5) is 0. The molecule has 4 nitrogen and oxygen atoms in total. The molecule has 0 aromatic heterocycles. The normalized spacial score (nSPS) is 30.9. The maximum atomic E-state index is 12.2. The van der Waals surface area contributed by atoms with Gasteiger partial charge >= 0.3 is 0 Å². The van der Waals surface area contributed by atoms with Crippen LogP contribution in [0.1, 0.15) is 47.5 Å². The average Bonchev–Trinajstić information content (AvgIpc) is 2.57. The van der Waals surface area contributed by atoms with Gasteiger partial charge in [0.2, 0.25) is 10.0 Å². The number of hydrogen-bond donors (Lipinski definition) is 2. The van der Waals surface area contributed by atoms with Crippen LogP contribution in [0.25, 0.3) is 0 Å². The standard InChI is InChI=1S/C13H28N2O2S/c1-9(2)14-8-11(4)18(16,17)15-13-7-6-10(3)12(13)5/h9-15H,6-8H2,1-5H3. The maximum absolute atomic E-state index is 12.2. The van der Waals surface area contributed by atoms with Gasteiger partial charge in [-0.1, -0.05) is 27.7 Å². The topological polar surface area (TPSA) is 58.2 Å². The number of nitrogens with one attached hydrogen (secondary N) is 2. The highest BCUT2D eigenvalue weighted by atomic mass is 32.2. The van der Waals surface area contributed by atoms with Gasteiger partial charge in [-0.05, 0) is 31.6 Å². The van der Waals surface area contributed by atoms with Gasteiger partial charge in [0.1, 0.15) is 0 Å².